The van der Waals surface area contributed by atoms with Gasteiger partial charge in [0.2, 0.25) is 0 Å². The van der Waals surface area contributed by atoms with Gasteiger partial charge < -0.3 is 11.1 Å². The van der Waals surface area contributed by atoms with Gasteiger partial charge in [-0.25, -0.2) is 0 Å². The number of rotatable bonds is 2. The first-order valence-corrected chi connectivity index (χ1v) is 7.33. The Hall–Kier alpha value is -1.51. The minimum absolute atomic E-state index is 0.0139. The lowest BCUT2D eigenvalue weighted by atomic mass is 10.0. The first-order chi connectivity index (χ1) is 9.16. The maximum atomic E-state index is 12.3. The highest BCUT2D eigenvalue weighted by atomic mass is 16.1. The molecule has 0 radical (unpaired) electrons. The second-order valence-corrected chi connectivity index (χ2v) is 6.52. The average molecular weight is 256 g/mol. The van der Waals surface area contributed by atoms with Crippen LogP contribution >= 0.6 is 0 Å². The van der Waals surface area contributed by atoms with Crippen molar-refractivity contribution in [1.82, 2.24) is 5.32 Å². The fourth-order valence-electron chi connectivity index (χ4n) is 4.63. The van der Waals surface area contributed by atoms with E-state index in [0.717, 1.165) is 29.2 Å². The number of nitrogens with one attached hydrogen (secondary N) is 1. The lowest BCUT2D eigenvalue weighted by molar-refractivity contribution is 0.0945. The predicted molar refractivity (Wildman–Crippen MR) is 74.7 cm³/mol. The molecular formula is C16H20N2O. The number of para-hydroxylation sites is 1. The smallest absolute Gasteiger partial charge is 0.253 e. The molecule has 1 aromatic carbocycles. The van der Waals surface area contributed by atoms with E-state index in [1.807, 2.05) is 25.1 Å². The first-order valence-electron chi connectivity index (χ1n) is 7.33. The highest BCUT2D eigenvalue weighted by Gasteiger charge is 2.65. The van der Waals surface area contributed by atoms with Crippen LogP contribution in [-0.4, -0.2) is 11.9 Å². The number of hydrogen-bond donors (Lipinski definition) is 2. The Kier molecular flexibility index (Phi) is 2.23. The molecule has 3 N–H and O–H groups in total. The Morgan fingerprint density at radius 1 is 1.26 bits per heavy atom. The third-order valence-corrected chi connectivity index (χ3v) is 5.60. The molecule has 0 aromatic heterocycles. The first kappa shape index (κ1) is 11.3. The molecule has 4 unspecified atom stereocenters. The predicted octanol–water partition coefficient (Wildman–Crippen LogP) is 2.35. The van der Waals surface area contributed by atoms with Crippen molar-refractivity contribution >= 4 is 11.6 Å². The number of benzene rings is 1. The number of hydrogen-bond acceptors (Lipinski definition) is 2. The van der Waals surface area contributed by atoms with Crippen molar-refractivity contribution in [2.75, 3.05) is 5.73 Å². The van der Waals surface area contributed by atoms with Crippen LogP contribution in [0.15, 0.2) is 18.2 Å². The number of fused-ring (bicyclic) bond motifs is 5. The Balaban J connectivity index is 1.50. The van der Waals surface area contributed by atoms with E-state index >= 15 is 0 Å². The van der Waals surface area contributed by atoms with Crippen LogP contribution in [0.25, 0.3) is 0 Å². The summed E-state index contributed by atoms with van der Waals surface area (Å²) in [4.78, 5) is 12.3. The van der Waals surface area contributed by atoms with E-state index in [0.29, 0.717) is 17.3 Å². The molecule has 0 spiro atoms. The molecule has 1 amide bonds. The lowest BCUT2D eigenvalue weighted by Gasteiger charge is -2.12. The summed E-state index contributed by atoms with van der Waals surface area (Å²) < 4.78 is 0. The Morgan fingerprint density at radius 2 is 1.95 bits per heavy atom. The SMILES string of the molecule is Cc1cccc(C(=O)NC2C3C4CCC(C4)C23)c1N. The molecule has 4 atom stereocenters. The van der Waals surface area contributed by atoms with E-state index in [-0.39, 0.29) is 5.91 Å². The maximum Gasteiger partial charge on any atom is 0.253 e. The van der Waals surface area contributed by atoms with Crippen LogP contribution in [0.1, 0.15) is 35.2 Å². The van der Waals surface area contributed by atoms with Crippen LogP contribution < -0.4 is 11.1 Å². The van der Waals surface area contributed by atoms with Gasteiger partial charge in [-0.15, -0.1) is 0 Å². The summed E-state index contributed by atoms with van der Waals surface area (Å²) in [5, 5.41) is 3.22. The molecular weight excluding hydrogens is 236 g/mol. The fraction of sp³-hybridized carbons (Fsp3) is 0.562. The molecule has 19 heavy (non-hydrogen) atoms. The summed E-state index contributed by atoms with van der Waals surface area (Å²) in [5.41, 5.74) is 8.23. The lowest BCUT2D eigenvalue weighted by Crippen LogP contribution is -2.30. The highest BCUT2D eigenvalue weighted by Crippen LogP contribution is 2.65. The Bertz CT molecular complexity index is 538. The standard InChI is InChI=1S/C16H20N2O/c1-8-3-2-4-11(14(8)17)16(19)18-15-12-9-5-6-10(7-9)13(12)15/h2-4,9-10,12-13,15H,5-7,17H2,1H3,(H,18,19). The van der Waals surface area contributed by atoms with E-state index in [1.54, 1.807) is 0 Å². The molecule has 3 heteroatoms. The second-order valence-electron chi connectivity index (χ2n) is 6.52. The molecule has 3 aliphatic carbocycles. The number of nitrogens with two attached hydrogens (primary N) is 1. The molecule has 4 rings (SSSR count). The topological polar surface area (TPSA) is 55.1 Å². The van der Waals surface area contributed by atoms with E-state index < -0.39 is 0 Å². The quantitative estimate of drug-likeness (QED) is 0.798. The molecule has 3 nitrogen and oxygen atoms in total. The van der Waals surface area contributed by atoms with E-state index in [2.05, 4.69) is 5.32 Å². The highest BCUT2D eigenvalue weighted by molar-refractivity contribution is 6.00. The minimum Gasteiger partial charge on any atom is -0.398 e. The normalized spacial score (nSPS) is 38.1. The third kappa shape index (κ3) is 1.54. The van der Waals surface area contributed by atoms with Gasteiger partial charge in [-0.1, -0.05) is 12.1 Å². The monoisotopic (exact) mass is 256 g/mol. The second kappa shape index (κ2) is 3.75. The van der Waals surface area contributed by atoms with Crippen molar-refractivity contribution in [3.63, 3.8) is 0 Å². The van der Waals surface area contributed by atoms with Gasteiger partial charge in [0.25, 0.3) is 5.91 Å². The number of carbonyl (C=O) groups is 1. The number of carbonyl (C=O) groups excluding carboxylic acids is 1. The van der Waals surface area contributed by atoms with Crippen LogP contribution in [0.2, 0.25) is 0 Å². The van der Waals surface area contributed by atoms with Crippen LogP contribution in [0.3, 0.4) is 0 Å². The summed E-state index contributed by atoms with van der Waals surface area (Å²) in [6.07, 6.45) is 4.17. The Morgan fingerprint density at radius 3 is 2.63 bits per heavy atom. The minimum atomic E-state index is 0.0139. The molecule has 3 fully saturated rings. The van der Waals surface area contributed by atoms with E-state index in [4.69, 9.17) is 5.73 Å². The average Bonchev–Trinajstić information content (AvgIpc) is 2.81. The molecule has 0 saturated heterocycles. The van der Waals surface area contributed by atoms with Crippen molar-refractivity contribution in [3.8, 4) is 0 Å². The maximum absolute atomic E-state index is 12.3. The van der Waals surface area contributed by atoms with Crippen molar-refractivity contribution in [2.24, 2.45) is 23.7 Å². The van der Waals surface area contributed by atoms with Gasteiger partial charge in [-0.3, -0.25) is 4.79 Å². The van der Waals surface area contributed by atoms with Crippen LogP contribution in [0.4, 0.5) is 5.69 Å². The van der Waals surface area contributed by atoms with Gasteiger partial charge in [0.05, 0.1) is 5.56 Å². The van der Waals surface area contributed by atoms with Crippen molar-refractivity contribution in [1.29, 1.82) is 0 Å². The van der Waals surface area contributed by atoms with Crippen LogP contribution in [-0.2, 0) is 0 Å². The number of amides is 1. The van der Waals surface area contributed by atoms with Gasteiger partial charge in [-0.2, -0.15) is 0 Å². The van der Waals surface area contributed by atoms with Gasteiger partial charge in [0.1, 0.15) is 0 Å². The zero-order valence-corrected chi connectivity index (χ0v) is 11.2. The van der Waals surface area contributed by atoms with Crippen LogP contribution in [0, 0.1) is 30.6 Å². The van der Waals surface area contributed by atoms with Crippen molar-refractivity contribution < 1.29 is 4.79 Å². The zero-order valence-electron chi connectivity index (χ0n) is 11.2. The summed E-state index contributed by atoms with van der Waals surface area (Å²) >= 11 is 0. The number of nitrogen functional groups attached to an aromatic ring is 1. The molecule has 100 valence electrons. The zero-order chi connectivity index (χ0) is 13.1. The molecule has 1 aromatic rings. The third-order valence-electron chi connectivity index (χ3n) is 5.60. The summed E-state index contributed by atoms with van der Waals surface area (Å²) in [5.74, 6) is 3.33. The van der Waals surface area contributed by atoms with E-state index in [9.17, 15) is 4.79 Å². The van der Waals surface area contributed by atoms with Gasteiger partial charge >= 0.3 is 0 Å². The van der Waals surface area contributed by atoms with Gasteiger partial charge in [-0.05, 0) is 61.5 Å². The Labute approximate surface area is 113 Å². The summed E-state index contributed by atoms with van der Waals surface area (Å²) in [6, 6.07) is 6.10. The number of aryl methyl sites for hydroxylation is 1. The molecule has 2 bridgehead atoms. The molecule has 0 heterocycles. The van der Waals surface area contributed by atoms with Crippen molar-refractivity contribution in [2.45, 2.75) is 32.2 Å². The van der Waals surface area contributed by atoms with E-state index in [1.165, 1.54) is 19.3 Å². The van der Waals surface area contributed by atoms with Crippen LogP contribution in [0.5, 0.6) is 0 Å². The molecule has 3 saturated carbocycles. The van der Waals surface area contributed by atoms with Gasteiger partial charge in [0, 0.05) is 11.7 Å². The number of anilines is 1. The summed E-state index contributed by atoms with van der Waals surface area (Å²) in [6.45, 7) is 1.94. The largest absolute Gasteiger partial charge is 0.398 e. The molecule has 0 aliphatic heterocycles. The fourth-order valence-corrected chi connectivity index (χ4v) is 4.63. The summed E-state index contributed by atoms with van der Waals surface area (Å²) in [7, 11) is 0. The molecule has 3 aliphatic rings. The van der Waals surface area contributed by atoms with Crippen molar-refractivity contribution in [3.05, 3.63) is 29.3 Å². The van der Waals surface area contributed by atoms with Gasteiger partial charge in [0.15, 0.2) is 0 Å².